The fraction of sp³-hybridized carbons (Fsp3) is 0.538. The minimum atomic E-state index is -0.334. The fourth-order valence-corrected chi connectivity index (χ4v) is 2.24. The van der Waals surface area contributed by atoms with E-state index >= 15 is 0 Å². The van der Waals surface area contributed by atoms with Crippen molar-refractivity contribution in [3.8, 4) is 0 Å². The Kier molecular flexibility index (Phi) is 3.64. The van der Waals surface area contributed by atoms with Crippen LogP contribution in [0.4, 0.5) is 10.1 Å². The largest absolute Gasteiger partial charge is 0.396 e. The molecule has 1 fully saturated rings. The Bertz CT molecular complexity index is 386. The Morgan fingerprint density at radius 2 is 1.88 bits per heavy atom. The van der Waals surface area contributed by atoms with Crippen molar-refractivity contribution in [1.29, 1.82) is 0 Å². The first kappa shape index (κ1) is 12.3. The van der Waals surface area contributed by atoms with Crippen LogP contribution in [0.1, 0.15) is 18.5 Å². The van der Waals surface area contributed by atoms with E-state index < -0.39 is 0 Å². The molecule has 17 heavy (non-hydrogen) atoms. The molecule has 1 aromatic carbocycles. The summed E-state index contributed by atoms with van der Waals surface area (Å²) < 4.78 is 13.1. The molecular formula is C13H20FN3. The van der Waals surface area contributed by atoms with Crippen molar-refractivity contribution in [3.63, 3.8) is 0 Å². The average Bonchev–Trinajstić information content (AvgIpc) is 2.33. The van der Waals surface area contributed by atoms with Crippen LogP contribution in [0.25, 0.3) is 0 Å². The van der Waals surface area contributed by atoms with E-state index in [1.165, 1.54) is 6.07 Å². The molecule has 2 rings (SSSR count). The Morgan fingerprint density at radius 3 is 2.47 bits per heavy atom. The molecule has 1 atom stereocenters. The number of anilines is 1. The summed E-state index contributed by atoms with van der Waals surface area (Å²) in [6, 6.07) is 5.33. The van der Waals surface area contributed by atoms with E-state index in [0.717, 1.165) is 31.7 Å². The Balaban J connectivity index is 2.08. The maximum absolute atomic E-state index is 13.1. The van der Waals surface area contributed by atoms with Crippen LogP contribution < -0.4 is 5.73 Å². The number of benzene rings is 1. The molecule has 94 valence electrons. The number of halogens is 1. The van der Waals surface area contributed by atoms with Gasteiger partial charge in [-0.05, 0) is 31.7 Å². The normalized spacial score (nSPS) is 20.4. The maximum atomic E-state index is 13.1. The Morgan fingerprint density at radius 1 is 1.24 bits per heavy atom. The maximum Gasteiger partial charge on any atom is 0.146 e. The molecule has 0 spiro atoms. The lowest BCUT2D eigenvalue weighted by molar-refractivity contribution is 0.119. The van der Waals surface area contributed by atoms with Gasteiger partial charge < -0.3 is 10.6 Å². The van der Waals surface area contributed by atoms with E-state index in [0.29, 0.717) is 6.04 Å². The van der Waals surface area contributed by atoms with Crippen molar-refractivity contribution in [2.24, 2.45) is 0 Å². The van der Waals surface area contributed by atoms with Crippen molar-refractivity contribution in [3.05, 3.63) is 29.6 Å². The number of hydrogen-bond donors (Lipinski definition) is 1. The fourth-order valence-electron chi connectivity index (χ4n) is 2.24. The second-order valence-corrected chi connectivity index (χ2v) is 4.80. The molecule has 1 heterocycles. The Labute approximate surface area is 102 Å². The first-order valence-electron chi connectivity index (χ1n) is 6.05. The van der Waals surface area contributed by atoms with E-state index in [4.69, 9.17) is 5.73 Å². The molecule has 4 heteroatoms. The van der Waals surface area contributed by atoms with Gasteiger partial charge in [-0.3, -0.25) is 4.90 Å². The predicted molar refractivity (Wildman–Crippen MR) is 68.3 cm³/mol. The van der Waals surface area contributed by atoms with Gasteiger partial charge in [-0.1, -0.05) is 6.07 Å². The molecule has 0 radical (unpaired) electrons. The van der Waals surface area contributed by atoms with Gasteiger partial charge in [0.2, 0.25) is 0 Å². The van der Waals surface area contributed by atoms with Gasteiger partial charge in [-0.2, -0.15) is 0 Å². The SMILES string of the molecule is CC(c1ccc(F)c(N)c1)N1CCN(C)CC1. The molecule has 0 saturated carbocycles. The van der Waals surface area contributed by atoms with E-state index in [2.05, 4.69) is 23.8 Å². The van der Waals surface area contributed by atoms with E-state index in [1.54, 1.807) is 6.07 Å². The third-order valence-corrected chi connectivity index (χ3v) is 3.59. The molecule has 0 amide bonds. The zero-order valence-corrected chi connectivity index (χ0v) is 10.5. The molecule has 0 bridgehead atoms. The van der Waals surface area contributed by atoms with Crippen LogP contribution in [0.5, 0.6) is 0 Å². The topological polar surface area (TPSA) is 32.5 Å². The number of rotatable bonds is 2. The van der Waals surface area contributed by atoms with Crippen LogP contribution in [0.3, 0.4) is 0 Å². The summed E-state index contributed by atoms with van der Waals surface area (Å²) in [6.07, 6.45) is 0. The van der Waals surface area contributed by atoms with Crippen LogP contribution in [-0.4, -0.2) is 43.0 Å². The highest BCUT2D eigenvalue weighted by Crippen LogP contribution is 2.24. The van der Waals surface area contributed by atoms with Crippen LogP contribution in [0, 0.1) is 5.82 Å². The monoisotopic (exact) mass is 237 g/mol. The summed E-state index contributed by atoms with van der Waals surface area (Å²) in [6.45, 7) is 6.42. The van der Waals surface area contributed by atoms with Gasteiger partial charge in [0, 0.05) is 32.2 Å². The molecule has 1 aliphatic heterocycles. The Hall–Kier alpha value is -1.13. The summed E-state index contributed by atoms with van der Waals surface area (Å²) >= 11 is 0. The first-order valence-corrected chi connectivity index (χ1v) is 6.05. The average molecular weight is 237 g/mol. The van der Waals surface area contributed by atoms with Gasteiger partial charge >= 0.3 is 0 Å². The molecule has 1 saturated heterocycles. The van der Waals surface area contributed by atoms with Crippen molar-refractivity contribution >= 4 is 5.69 Å². The van der Waals surface area contributed by atoms with Crippen LogP contribution in [0.2, 0.25) is 0 Å². The van der Waals surface area contributed by atoms with Gasteiger partial charge in [0.15, 0.2) is 0 Å². The van der Waals surface area contributed by atoms with Crippen LogP contribution in [0.15, 0.2) is 18.2 Å². The minimum absolute atomic E-state index is 0.239. The second-order valence-electron chi connectivity index (χ2n) is 4.80. The summed E-state index contributed by atoms with van der Waals surface area (Å²) in [5.74, 6) is -0.334. The lowest BCUT2D eigenvalue weighted by atomic mass is 10.1. The highest BCUT2D eigenvalue weighted by molar-refractivity contribution is 5.43. The first-order chi connectivity index (χ1) is 8.08. The highest BCUT2D eigenvalue weighted by Gasteiger charge is 2.20. The zero-order chi connectivity index (χ0) is 12.4. The van der Waals surface area contributed by atoms with E-state index in [-0.39, 0.29) is 11.5 Å². The third kappa shape index (κ3) is 2.76. The van der Waals surface area contributed by atoms with E-state index in [9.17, 15) is 4.39 Å². The van der Waals surface area contributed by atoms with Gasteiger partial charge in [0.1, 0.15) is 5.82 Å². The smallest absolute Gasteiger partial charge is 0.146 e. The van der Waals surface area contributed by atoms with Gasteiger partial charge in [0.25, 0.3) is 0 Å². The summed E-state index contributed by atoms with van der Waals surface area (Å²) in [4.78, 5) is 4.73. The lowest BCUT2D eigenvalue weighted by Gasteiger charge is -2.36. The number of piperazine rings is 1. The summed E-state index contributed by atoms with van der Waals surface area (Å²) in [5.41, 5.74) is 6.94. The third-order valence-electron chi connectivity index (χ3n) is 3.59. The molecule has 1 unspecified atom stereocenters. The van der Waals surface area contributed by atoms with E-state index in [1.807, 2.05) is 6.07 Å². The van der Waals surface area contributed by atoms with Crippen LogP contribution >= 0.6 is 0 Å². The molecule has 1 aliphatic rings. The molecule has 3 nitrogen and oxygen atoms in total. The number of nitrogens with zero attached hydrogens (tertiary/aromatic N) is 2. The summed E-state index contributed by atoms with van der Waals surface area (Å²) in [5, 5.41) is 0. The van der Waals surface area contributed by atoms with Crippen molar-refractivity contribution in [1.82, 2.24) is 9.80 Å². The van der Waals surface area contributed by atoms with Crippen molar-refractivity contribution in [2.75, 3.05) is 39.0 Å². The quantitative estimate of drug-likeness (QED) is 0.795. The number of nitrogen functional groups attached to an aromatic ring is 1. The molecule has 0 aromatic heterocycles. The predicted octanol–water partition coefficient (Wildman–Crippen LogP) is 1.72. The number of likely N-dealkylation sites (N-methyl/N-ethyl adjacent to an activating group) is 1. The lowest BCUT2D eigenvalue weighted by Crippen LogP contribution is -2.45. The van der Waals surface area contributed by atoms with Crippen LogP contribution in [-0.2, 0) is 0 Å². The molecule has 2 N–H and O–H groups in total. The van der Waals surface area contributed by atoms with Crippen molar-refractivity contribution < 1.29 is 4.39 Å². The molecular weight excluding hydrogens is 217 g/mol. The van der Waals surface area contributed by atoms with Gasteiger partial charge in [-0.15, -0.1) is 0 Å². The zero-order valence-electron chi connectivity index (χ0n) is 10.5. The van der Waals surface area contributed by atoms with Gasteiger partial charge in [0.05, 0.1) is 5.69 Å². The second kappa shape index (κ2) is 5.02. The molecule has 1 aromatic rings. The summed E-state index contributed by atoms with van der Waals surface area (Å²) in [7, 11) is 2.14. The van der Waals surface area contributed by atoms with Gasteiger partial charge in [-0.25, -0.2) is 4.39 Å². The number of hydrogen-bond acceptors (Lipinski definition) is 3. The minimum Gasteiger partial charge on any atom is -0.396 e. The molecule has 0 aliphatic carbocycles. The standard InChI is InChI=1S/C13H20FN3/c1-10(17-7-5-16(2)6-8-17)11-3-4-12(14)13(15)9-11/h3-4,9-10H,5-8,15H2,1-2H3. The number of nitrogens with two attached hydrogens (primary N) is 1. The van der Waals surface area contributed by atoms with Crippen molar-refractivity contribution in [2.45, 2.75) is 13.0 Å². The highest BCUT2D eigenvalue weighted by atomic mass is 19.1.